The third-order valence-corrected chi connectivity index (χ3v) is 6.12. The number of hydrogen-bond acceptors (Lipinski definition) is 5. The highest BCUT2D eigenvalue weighted by molar-refractivity contribution is 7.89. The molecule has 0 unspecified atom stereocenters. The topological polar surface area (TPSA) is 105 Å². The van der Waals surface area contributed by atoms with Gasteiger partial charge in [0.2, 0.25) is 15.8 Å². The normalized spacial score (nSPS) is 11.6. The van der Waals surface area contributed by atoms with E-state index in [-0.39, 0.29) is 22.8 Å². The van der Waals surface area contributed by atoms with Crippen molar-refractivity contribution in [3.63, 3.8) is 0 Å². The molecule has 1 heterocycles. The molecule has 3 rings (SSSR count). The predicted octanol–water partition coefficient (Wildman–Crippen LogP) is 3.12. The van der Waals surface area contributed by atoms with E-state index in [0.717, 1.165) is 10.9 Å². The Hall–Kier alpha value is -2.97. The number of fused-ring (bicyclic) bond motifs is 1. The van der Waals surface area contributed by atoms with Gasteiger partial charge in [0.15, 0.2) is 6.61 Å². The lowest BCUT2D eigenvalue weighted by molar-refractivity contribution is 0.0474. The Kier molecular flexibility index (Phi) is 5.86. The minimum absolute atomic E-state index is 0.0318. The van der Waals surface area contributed by atoms with Gasteiger partial charge in [-0.2, -0.15) is 0 Å². The number of carbonyl (C=O) groups excluding carboxylic acids is 2. The molecule has 0 fully saturated rings. The summed E-state index contributed by atoms with van der Waals surface area (Å²) in [6, 6.07) is 11.6. The molecule has 1 aromatic heterocycles. The van der Waals surface area contributed by atoms with Crippen LogP contribution in [0.2, 0.25) is 0 Å². The summed E-state index contributed by atoms with van der Waals surface area (Å²) in [4.78, 5) is 28.3. The van der Waals surface area contributed by atoms with Crippen LogP contribution in [0.4, 0.5) is 0 Å². The molecule has 0 aliphatic heterocycles. The van der Waals surface area contributed by atoms with Crippen LogP contribution in [0.3, 0.4) is 0 Å². The number of rotatable bonds is 7. The van der Waals surface area contributed by atoms with Gasteiger partial charge in [-0.05, 0) is 37.6 Å². The van der Waals surface area contributed by atoms with Crippen LogP contribution in [0.15, 0.2) is 47.4 Å². The number of aromatic amines is 1. The van der Waals surface area contributed by atoms with Crippen LogP contribution in [0.25, 0.3) is 10.9 Å². The SMILES string of the molecule is CCNS(=O)(=O)c1ccc(C)c(C(=O)OCC(=O)c2c(C)[nH]c3ccccc23)c1. The Labute approximate surface area is 169 Å². The van der Waals surface area contributed by atoms with Crippen molar-refractivity contribution in [1.82, 2.24) is 9.71 Å². The van der Waals surface area contributed by atoms with E-state index in [1.807, 2.05) is 24.3 Å². The minimum Gasteiger partial charge on any atom is -0.454 e. The molecular formula is C21H22N2O5S. The van der Waals surface area contributed by atoms with Crippen molar-refractivity contribution in [2.24, 2.45) is 0 Å². The average molecular weight is 414 g/mol. The summed E-state index contributed by atoms with van der Waals surface area (Å²) >= 11 is 0. The molecule has 0 spiro atoms. The number of nitrogens with one attached hydrogen (secondary N) is 2. The zero-order valence-corrected chi connectivity index (χ0v) is 17.2. The van der Waals surface area contributed by atoms with Gasteiger partial charge in [0.05, 0.1) is 10.5 Å². The van der Waals surface area contributed by atoms with Crippen molar-refractivity contribution >= 4 is 32.7 Å². The van der Waals surface area contributed by atoms with Crippen molar-refractivity contribution in [2.75, 3.05) is 13.2 Å². The van der Waals surface area contributed by atoms with E-state index in [1.165, 1.54) is 18.2 Å². The van der Waals surface area contributed by atoms with E-state index >= 15 is 0 Å². The summed E-state index contributed by atoms with van der Waals surface area (Å²) in [5.74, 6) is -1.08. The maximum Gasteiger partial charge on any atom is 0.338 e. The van der Waals surface area contributed by atoms with Crippen LogP contribution in [0.5, 0.6) is 0 Å². The van der Waals surface area contributed by atoms with Crippen molar-refractivity contribution < 1.29 is 22.7 Å². The summed E-state index contributed by atoms with van der Waals surface area (Å²) in [5.41, 5.74) is 2.67. The van der Waals surface area contributed by atoms with Gasteiger partial charge in [0, 0.05) is 28.7 Å². The molecule has 2 N–H and O–H groups in total. The van der Waals surface area contributed by atoms with Gasteiger partial charge in [-0.3, -0.25) is 4.79 Å². The minimum atomic E-state index is -3.71. The first kappa shape index (κ1) is 20.8. The number of para-hydroxylation sites is 1. The first-order chi connectivity index (χ1) is 13.7. The molecule has 7 nitrogen and oxygen atoms in total. The highest BCUT2D eigenvalue weighted by atomic mass is 32.2. The molecule has 3 aromatic rings. The first-order valence-corrected chi connectivity index (χ1v) is 10.6. The summed E-state index contributed by atoms with van der Waals surface area (Å²) < 4.78 is 31.9. The standard InChI is InChI=1S/C21H22N2O5S/c1-4-22-29(26,27)15-10-9-13(2)17(11-15)21(25)28-12-19(24)20-14(3)23-18-8-6-5-7-16(18)20/h5-11,22-23H,4,12H2,1-3H3. The third kappa shape index (κ3) is 4.23. The lowest BCUT2D eigenvalue weighted by Gasteiger charge is -2.10. The Bertz CT molecular complexity index is 1200. The third-order valence-electron chi connectivity index (χ3n) is 4.58. The summed E-state index contributed by atoms with van der Waals surface area (Å²) in [6.45, 7) is 4.92. The van der Waals surface area contributed by atoms with Crippen LogP contribution in [-0.2, 0) is 14.8 Å². The number of benzene rings is 2. The number of ketones is 1. The Balaban J connectivity index is 1.80. The molecule has 152 valence electrons. The van der Waals surface area contributed by atoms with Gasteiger partial charge in [0.1, 0.15) is 0 Å². The van der Waals surface area contributed by atoms with Crippen LogP contribution in [-0.4, -0.2) is 38.3 Å². The number of carbonyl (C=O) groups is 2. The van der Waals surface area contributed by atoms with Gasteiger partial charge < -0.3 is 9.72 Å². The van der Waals surface area contributed by atoms with Crippen molar-refractivity contribution in [3.05, 3.63) is 64.8 Å². The quantitative estimate of drug-likeness (QED) is 0.456. The van der Waals surface area contributed by atoms with E-state index in [1.54, 1.807) is 20.8 Å². The van der Waals surface area contributed by atoms with Gasteiger partial charge in [-0.1, -0.05) is 31.2 Å². The van der Waals surface area contributed by atoms with Gasteiger partial charge >= 0.3 is 5.97 Å². The smallest absolute Gasteiger partial charge is 0.338 e. The van der Waals surface area contributed by atoms with E-state index < -0.39 is 22.6 Å². The van der Waals surface area contributed by atoms with E-state index in [9.17, 15) is 18.0 Å². The van der Waals surface area contributed by atoms with Crippen LogP contribution in [0, 0.1) is 13.8 Å². The van der Waals surface area contributed by atoms with Crippen molar-refractivity contribution in [3.8, 4) is 0 Å². The number of hydrogen-bond donors (Lipinski definition) is 2. The van der Waals surface area contributed by atoms with E-state index in [0.29, 0.717) is 16.8 Å². The molecule has 0 saturated carbocycles. The summed E-state index contributed by atoms with van der Waals surface area (Å²) in [6.07, 6.45) is 0. The number of aryl methyl sites for hydroxylation is 2. The molecule has 2 aromatic carbocycles. The number of Topliss-reactive ketones (excluding diaryl/α,β-unsaturated/α-hetero) is 1. The second kappa shape index (κ2) is 8.18. The van der Waals surface area contributed by atoms with E-state index in [4.69, 9.17) is 4.74 Å². The fourth-order valence-corrected chi connectivity index (χ4v) is 4.25. The molecule has 0 aliphatic carbocycles. The summed E-state index contributed by atoms with van der Waals surface area (Å²) in [7, 11) is -3.71. The number of aromatic nitrogens is 1. The van der Waals surface area contributed by atoms with Crippen LogP contribution < -0.4 is 4.72 Å². The maximum absolute atomic E-state index is 12.7. The van der Waals surface area contributed by atoms with Crippen LogP contribution >= 0.6 is 0 Å². The lowest BCUT2D eigenvalue weighted by Crippen LogP contribution is -2.23. The fourth-order valence-electron chi connectivity index (χ4n) is 3.18. The zero-order valence-electron chi connectivity index (χ0n) is 16.4. The molecule has 0 amide bonds. The zero-order chi connectivity index (χ0) is 21.2. The molecule has 0 radical (unpaired) electrons. The predicted molar refractivity (Wildman–Crippen MR) is 110 cm³/mol. The molecule has 29 heavy (non-hydrogen) atoms. The highest BCUT2D eigenvalue weighted by Crippen LogP contribution is 2.23. The Morgan fingerprint density at radius 3 is 2.55 bits per heavy atom. The number of ether oxygens (including phenoxy) is 1. The first-order valence-electron chi connectivity index (χ1n) is 9.12. The fraction of sp³-hybridized carbons (Fsp3) is 0.238. The molecule has 0 bridgehead atoms. The largest absolute Gasteiger partial charge is 0.454 e. The van der Waals surface area contributed by atoms with Gasteiger partial charge in [-0.25, -0.2) is 17.9 Å². The van der Waals surface area contributed by atoms with Crippen LogP contribution in [0.1, 0.15) is 38.9 Å². The molecule has 0 saturated heterocycles. The van der Waals surface area contributed by atoms with Crippen molar-refractivity contribution in [2.45, 2.75) is 25.7 Å². The maximum atomic E-state index is 12.7. The van der Waals surface area contributed by atoms with Gasteiger partial charge in [0.25, 0.3) is 0 Å². The molecule has 8 heteroatoms. The lowest BCUT2D eigenvalue weighted by atomic mass is 10.1. The van der Waals surface area contributed by atoms with Gasteiger partial charge in [-0.15, -0.1) is 0 Å². The number of esters is 1. The average Bonchev–Trinajstić information content (AvgIpc) is 3.01. The Morgan fingerprint density at radius 1 is 1.10 bits per heavy atom. The molecule has 0 aliphatic rings. The van der Waals surface area contributed by atoms with E-state index in [2.05, 4.69) is 9.71 Å². The second-order valence-electron chi connectivity index (χ2n) is 6.65. The number of sulfonamides is 1. The molecular weight excluding hydrogens is 392 g/mol. The van der Waals surface area contributed by atoms with Crippen molar-refractivity contribution in [1.29, 1.82) is 0 Å². The summed E-state index contributed by atoms with van der Waals surface area (Å²) in [5, 5.41) is 0.765. The second-order valence-corrected chi connectivity index (χ2v) is 8.41. The number of H-pyrrole nitrogens is 1. The monoisotopic (exact) mass is 414 g/mol. The molecule has 0 atom stereocenters. The highest BCUT2D eigenvalue weighted by Gasteiger charge is 2.21. The Morgan fingerprint density at radius 2 is 1.83 bits per heavy atom.